The van der Waals surface area contributed by atoms with Crippen LogP contribution in [0.2, 0.25) is 10.0 Å². The lowest BCUT2D eigenvalue weighted by molar-refractivity contribution is -0.709. The highest BCUT2D eigenvalue weighted by atomic mass is 35.5. The Labute approximate surface area is 157 Å². The second-order valence-corrected chi connectivity index (χ2v) is 6.58. The molecule has 0 aliphatic carbocycles. The normalized spacial score (nSPS) is 13.4. The second-order valence-electron chi connectivity index (χ2n) is 5.77. The standard InChI is InChI=1S/C17H14Cl2F4N2O/c1-7(9-5-13(21)11(19)6-10(9)18)24-8(2)17(26)25-14-4-3-12(20)15(22)16(14)23/h3-8,24H,1-2H3,(H,25,26)/p+1/t7-,8-/m1/s1. The molecule has 0 aliphatic heterocycles. The Morgan fingerprint density at radius 2 is 1.65 bits per heavy atom. The van der Waals surface area contributed by atoms with Gasteiger partial charge in [0.25, 0.3) is 5.91 Å². The maximum Gasteiger partial charge on any atom is 0.282 e. The number of nitrogens with two attached hydrogens (primary N) is 1. The summed E-state index contributed by atoms with van der Waals surface area (Å²) in [5, 5.41) is 3.86. The first-order valence-electron chi connectivity index (χ1n) is 7.55. The Morgan fingerprint density at radius 1 is 1.00 bits per heavy atom. The van der Waals surface area contributed by atoms with Gasteiger partial charge in [0, 0.05) is 5.56 Å². The van der Waals surface area contributed by atoms with Crippen molar-refractivity contribution in [1.29, 1.82) is 0 Å². The third kappa shape index (κ3) is 4.47. The Kier molecular flexibility index (Phi) is 6.49. The summed E-state index contributed by atoms with van der Waals surface area (Å²) < 4.78 is 53.4. The largest absolute Gasteiger partial charge is 0.330 e. The first kappa shape index (κ1) is 20.5. The molecule has 0 bridgehead atoms. The third-order valence-electron chi connectivity index (χ3n) is 3.81. The minimum absolute atomic E-state index is 0.120. The number of halogens is 6. The Hall–Kier alpha value is -1.83. The van der Waals surface area contributed by atoms with E-state index in [0.717, 1.165) is 6.07 Å². The van der Waals surface area contributed by atoms with Crippen molar-refractivity contribution in [3.8, 4) is 0 Å². The summed E-state index contributed by atoms with van der Waals surface area (Å²) in [6.45, 7) is 3.21. The lowest BCUT2D eigenvalue weighted by Gasteiger charge is -2.18. The zero-order valence-electron chi connectivity index (χ0n) is 13.7. The number of benzene rings is 2. The molecule has 2 atom stereocenters. The number of carbonyl (C=O) groups excluding carboxylic acids is 1. The quantitative estimate of drug-likeness (QED) is 0.433. The molecule has 0 fully saturated rings. The van der Waals surface area contributed by atoms with E-state index in [0.29, 0.717) is 11.6 Å². The van der Waals surface area contributed by atoms with Gasteiger partial charge in [0.15, 0.2) is 23.5 Å². The topological polar surface area (TPSA) is 45.7 Å². The number of amides is 1. The van der Waals surface area contributed by atoms with E-state index in [1.807, 2.05) is 0 Å². The van der Waals surface area contributed by atoms with Gasteiger partial charge in [-0.1, -0.05) is 23.2 Å². The SMILES string of the molecule is C[C@@H]([NH2+][C@H](C)c1cc(F)c(Cl)cc1Cl)C(=O)Nc1ccc(F)c(F)c1F. The fourth-order valence-corrected chi connectivity index (χ4v) is 2.94. The summed E-state index contributed by atoms with van der Waals surface area (Å²) >= 11 is 11.7. The van der Waals surface area contributed by atoms with Crippen LogP contribution in [0.25, 0.3) is 0 Å². The molecule has 0 radical (unpaired) electrons. The number of hydrogen-bond acceptors (Lipinski definition) is 1. The van der Waals surface area contributed by atoms with Gasteiger partial charge in [-0.2, -0.15) is 0 Å². The van der Waals surface area contributed by atoms with Crippen LogP contribution in [0.15, 0.2) is 24.3 Å². The van der Waals surface area contributed by atoms with Crippen molar-refractivity contribution in [1.82, 2.24) is 0 Å². The lowest BCUT2D eigenvalue weighted by atomic mass is 10.1. The first-order valence-corrected chi connectivity index (χ1v) is 8.31. The zero-order chi connectivity index (χ0) is 19.6. The van der Waals surface area contributed by atoms with Gasteiger partial charge in [-0.3, -0.25) is 4.79 Å². The maximum atomic E-state index is 13.6. The van der Waals surface area contributed by atoms with Crippen molar-refractivity contribution in [2.75, 3.05) is 5.32 Å². The molecule has 0 heterocycles. The highest BCUT2D eigenvalue weighted by Gasteiger charge is 2.24. The van der Waals surface area contributed by atoms with E-state index in [1.54, 1.807) is 12.2 Å². The number of anilines is 1. The smallest absolute Gasteiger partial charge is 0.282 e. The molecule has 26 heavy (non-hydrogen) atoms. The van der Waals surface area contributed by atoms with E-state index in [4.69, 9.17) is 23.2 Å². The van der Waals surface area contributed by atoms with Gasteiger partial charge in [0.1, 0.15) is 11.9 Å². The van der Waals surface area contributed by atoms with Gasteiger partial charge < -0.3 is 10.6 Å². The molecule has 0 aromatic heterocycles. The van der Waals surface area contributed by atoms with Crippen LogP contribution in [0.1, 0.15) is 25.5 Å². The molecule has 3 N–H and O–H groups in total. The molecule has 2 aromatic rings. The fourth-order valence-electron chi connectivity index (χ4n) is 2.38. The minimum atomic E-state index is -1.67. The lowest BCUT2D eigenvalue weighted by Crippen LogP contribution is -2.91. The van der Waals surface area contributed by atoms with Crippen LogP contribution in [-0.4, -0.2) is 11.9 Å². The zero-order valence-corrected chi connectivity index (χ0v) is 15.2. The van der Waals surface area contributed by atoms with Crippen molar-refractivity contribution >= 4 is 34.8 Å². The van der Waals surface area contributed by atoms with Crippen LogP contribution in [0, 0.1) is 23.3 Å². The first-order chi connectivity index (χ1) is 12.1. The predicted molar refractivity (Wildman–Crippen MR) is 91.2 cm³/mol. The monoisotopic (exact) mass is 409 g/mol. The number of rotatable bonds is 5. The van der Waals surface area contributed by atoms with Crippen molar-refractivity contribution in [2.45, 2.75) is 25.9 Å². The van der Waals surface area contributed by atoms with E-state index in [-0.39, 0.29) is 10.0 Å². The number of nitrogens with one attached hydrogen (secondary N) is 1. The summed E-state index contributed by atoms with van der Waals surface area (Å²) in [5.41, 5.74) is -0.0513. The summed E-state index contributed by atoms with van der Waals surface area (Å²) in [4.78, 5) is 12.2. The van der Waals surface area contributed by atoms with Gasteiger partial charge in [-0.15, -0.1) is 0 Å². The fraction of sp³-hybridized carbons (Fsp3) is 0.235. The molecule has 1 amide bonds. The van der Waals surface area contributed by atoms with Crippen LogP contribution in [0.3, 0.4) is 0 Å². The van der Waals surface area contributed by atoms with Crippen molar-refractivity contribution in [3.63, 3.8) is 0 Å². The highest BCUT2D eigenvalue weighted by molar-refractivity contribution is 6.35. The van der Waals surface area contributed by atoms with E-state index in [9.17, 15) is 22.4 Å². The highest BCUT2D eigenvalue weighted by Crippen LogP contribution is 2.27. The summed E-state index contributed by atoms with van der Waals surface area (Å²) in [7, 11) is 0. The van der Waals surface area contributed by atoms with E-state index >= 15 is 0 Å². The molecule has 3 nitrogen and oxygen atoms in total. The van der Waals surface area contributed by atoms with Crippen LogP contribution in [0.5, 0.6) is 0 Å². The minimum Gasteiger partial charge on any atom is -0.330 e. The molecular formula is C17H15Cl2F4N2O+. The second kappa shape index (κ2) is 8.24. The van der Waals surface area contributed by atoms with Crippen molar-refractivity contribution in [2.24, 2.45) is 0 Å². The van der Waals surface area contributed by atoms with E-state index in [1.165, 1.54) is 19.1 Å². The molecule has 0 saturated carbocycles. The van der Waals surface area contributed by atoms with Gasteiger partial charge in [-0.25, -0.2) is 17.6 Å². The average Bonchev–Trinajstić information content (AvgIpc) is 2.58. The average molecular weight is 410 g/mol. The summed E-state index contributed by atoms with van der Waals surface area (Å²) in [6.07, 6.45) is 0. The third-order valence-corrected chi connectivity index (χ3v) is 4.43. The number of carbonyl (C=O) groups is 1. The molecule has 0 spiro atoms. The predicted octanol–water partition coefficient (Wildman–Crippen LogP) is 4.20. The molecule has 0 aliphatic rings. The Balaban J connectivity index is 2.10. The van der Waals surface area contributed by atoms with Gasteiger partial charge >= 0.3 is 0 Å². The van der Waals surface area contributed by atoms with E-state index < -0.39 is 46.9 Å². The van der Waals surface area contributed by atoms with Crippen LogP contribution < -0.4 is 10.6 Å². The molecule has 0 saturated heterocycles. The maximum absolute atomic E-state index is 13.6. The molecule has 2 rings (SSSR count). The van der Waals surface area contributed by atoms with Crippen LogP contribution in [-0.2, 0) is 4.79 Å². The Morgan fingerprint density at radius 3 is 2.31 bits per heavy atom. The van der Waals surface area contributed by atoms with Gasteiger partial charge in [0.05, 0.1) is 15.7 Å². The molecule has 0 unspecified atom stereocenters. The molecule has 140 valence electrons. The van der Waals surface area contributed by atoms with E-state index in [2.05, 4.69) is 5.32 Å². The summed E-state index contributed by atoms with van der Waals surface area (Å²) in [5.74, 6) is -5.80. The van der Waals surface area contributed by atoms with Gasteiger partial charge in [-0.05, 0) is 38.1 Å². The number of quaternary nitrogens is 1. The molecule has 9 heteroatoms. The van der Waals surface area contributed by atoms with Crippen LogP contribution in [0.4, 0.5) is 23.2 Å². The number of hydrogen-bond donors (Lipinski definition) is 2. The summed E-state index contributed by atoms with van der Waals surface area (Å²) in [6, 6.07) is 2.89. The van der Waals surface area contributed by atoms with Gasteiger partial charge in [0.2, 0.25) is 0 Å². The molecular weight excluding hydrogens is 395 g/mol. The Bertz CT molecular complexity index is 848. The van der Waals surface area contributed by atoms with Crippen molar-refractivity contribution < 1.29 is 27.7 Å². The van der Waals surface area contributed by atoms with Crippen LogP contribution >= 0.6 is 23.2 Å². The molecule has 2 aromatic carbocycles. The van der Waals surface area contributed by atoms with Crippen molar-refractivity contribution in [3.05, 3.63) is 63.1 Å².